The van der Waals surface area contributed by atoms with Gasteiger partial charge >= 0.3 is 6.85 Å². The first kappa shape index (κ1) is 34.9. The molecule has 3 nitrogen and oxygen atoms in total. The molecule has 10 aromatic carbocycles. The van der Waals surface area contributed by atoms with Gasteiger partial charge < -0.3 is 14.1 Å². The van der Waals surface area contributed by atoms with E-state index in [-0.39, 0.29) is 6.85 Å². The third kappa shape index (κ3) is 4.81. The van der Waals surface area contributed by atoms with Crippen LogP contribution in [0.1, 0.15) is 0 Å². The molecule has 0 aliphatic carbocycles. The van der Waals surface area contributed by atoms with Gasteiger partial charge in [-0.15, -0.1) is 22.7 Å². The fraction of sp³-hybridized carbons (Fsp3) is 0. The maximum atomic E-state index is 7.10. The summed E-state index contributed by atoms with van der Waals surface area (Å²) in [5, 5.41) is 9.85. The van der Waals surface area contributed by atoms with Crippen molar-refractivity contribution in [2.24, 2.45) is 0 Å². The lowest BCUT2D eigenvalue weighted by Crippen LogP contribution is -2.61. The molecule has 0 unspecified atom stereocenters. The van der Waals surface area contributed by atoms with Crippen LogP contribution in [0.4, 0.5) is 28.4 Å². The van der Waals surface area contributed by atoms with Gasteiger partial charge in [-0.05, 0) is 99.6 Å². The van der Waals surface area contributed by atoms with Gasteiger partial charge in [0.15, 0.2) is 0 Å². The molecule has 0 saturated carbocycles. The van der Waals surface area contributed by atoms with Crippen molar-refractivity contribution in [1.82, 2.24) is 0 Å². The van der Waals surface area contributed by atoms with Crippen LogP contribution in [0.5, 0.6) is 0 Å². The van der Waals surface area contributed by atoms with E-state index in [1.54, 1.807) is 0 Å². The Morgan fingerprint density at radius 2 is 1.03 bits per heavy atom. The maximum absolute atomic E-state index is 7.10. The number of fused-ring (bicyclic) bond motifs is 15. The molecule has 0 radical (unpaired) electrons. The Balaban J connectivity index is 1.10. The number of benzene rings is 10. The van der Waals surface area contributed by atoms with Gasteiger partial charge in [-0.3, -0.25) is 0 Å². The SMILES string of the molecule is c1ccc(-c2ccc(N3B4c5cc6c(cc5N(c5ccc7c(c5)sc5ccccc57)c5cc7c(oc8ccccc87)c(c54)-c4cc5ccccc5cc43)sc3ccccc36)cc2)cc1. The lowest BCUT2D eigenvalue weighted by Gasteiger charge is -2.45. The predicted molar refractivity (Wildman–Crippen MR) is 276 cm³/mol. The molecular formula is C58H33BN2OS2. The van der Waals surface area contributed by atoms with Crippen molar-refractivity contribution < 1.29 is 4.42 Å². The second-order valence-electron chi connectivity index (χ2n) is 17.2. The van der Waals surface area contributed by atoms with Gasteiger partial charge in [0.25, 0.3) is 0 Å². The molecular weight excluding hydrogens is 816 g/mol. The average Bonchev–Trinajstić information content (AvgIpc) is 4.04. The molecule has 15 rings (SSSR count). The Hall–Kier alpha value is -7.64. The Morgan fingerprint density at radius 3 is 1.83 bits per heavy atom. The molecule has 6 heteroatoms. The smallest absolute Gasteiger partial charge is 0.333 e. The third-order valence-corrected chi connectivity index (χ3v) is 16.1. The van der Waals surface area contributed by atoms with E-state index in [9.17, 15) is 0 Å². The monoisotopic (exact) mass is 848 g/mol. The van der Waals surface area contributed by atoms with Crippen LogP contribution in [0.2, 0.25) is 0 Å². The summed E-state index contributed by atoms with van der Waals surface area (Å²) < 4.78 is 12.3. The highest BCUT2D eigenvalue weighted by atomic mass is 32.1. The lowest BCUT2D eigenvalue weighted by atomic mass is 9.43. The van der Waals surface area contributed by atoms with Crippen molar-refractivity contribution >= 4 is 142 Å². The van der Waals surface area contributed by atoms with Crippen molar-refractivity contribution in [2.75, 3.05) is 9.71 Å². The Labute approximate surface area is 376 Å². The van der Waals surface area contributed by atoms with Gasteiger partial charge in [-0.2, -0.15) is 0 Å². The summed E-state index contributed by atoms with van der Waals surface area (Å²) in [5.41, 5.74) is 14.9. The average molecular weight is 849 g/mol. The molecule has 296 valence electrons. The van der Waals surface area contributed by atoms with Crippen molar-refractivity contribution in [3.8, 4) is 22.3 Å². The molecule has 2 aliphatic heterocycles. The van der Waals surface area contributed by atoms with E-state index in [1.165, 1.54) is 101 Å². The van der Waals surface area contributed by atoms with E-state index in [4.69, 9.17) is 4.42 Å². The van der Waals surface area contributed by atoms with Crippen LogP contribution in [0.15, 0.2) is 205 Å². The van der Waals surface area contributed by atoms with Crippen molar-refractivity contribution in [2.45, 2.75) is 0 Å². The fourth-order valence-electron chi connectivity index (χ4n) is 11.0. The normalized spacial score (nSPS) is 13.2. The molecule has 0 bridgehead atoms. The molecule has 0 spiro atoms. The summed E-state index contributed by atoms with van der Waals surface area (Å²) in [6, 6.07) is 74.3. The van der Waals surface area contributed by atoms with Crippen LogP contribution in [0.3, 0.4) is 0 Å². The van der Waals surface area contributed by atoms with Gasteiger partial charge in [-0.1, -0.05) is 133 Å². The molecule has 0 amide bonds. The third-order valence-electron chi connectivity index (χ3n) is 13.8. The number of anilines is 5. The van der Waals surface area contributed by atoms with Crippen molar-refractivity contribution in [3.63, 3.8) is 0 Å². The zero-order chi connectivity index (χ0) is 41.6. The van der Waals surface area contributed by atoms with E-state index in [1.807, 2.05) is 22.7 Å². The number of hydrogen-bond acceptors (Lipinski definition) is 5. The minimum absolute atomic E-state index is 0.179. The fourth-order valence-corrected chi connectivity index (χ4v) is 13.2. The van der Waals surface area contributed by atoms with Crippen molar-refractivity contribution in [3.05, 3.63) is 200 Å². The van der Waals surface area contributed by atoms with E-state index in [0.717, 1.165) is 33.3 Å². The van der Waals surface area contributed by atoms with Crippen LogP contribution < -0.4 is 20.6 Å². The van der Waals surface area contributed by atoms with E-state index >= 15 is 0 Å². The zero-order valence-electron chi connectivity index (χ0n) is 34.2. The quantitative estimate of drug-likeness (QED) is 0.165. The number of rotatable bonds is 3. The van der Waals surface area contributed by atoms with Gasteiger partial charge in [0, 0.05) is 90.7 Å². The van der Waals surface area contributed by atoms with Crippen LogP contribution in [0.25, 0.3) is 95.3 Å². The largest absolute Gasteiger partial charge is 0.455 e. The van der Waals surface area contributed by atoms with Crippen LogP contribution in [-0.2, 0) is 0 Å². The highest BCUT2D eigenvalue weighted by molar-refractivity contribution is 7.26. The van der Waals surface area contributed by atoms with Gasteiger partial charge in [-0.25, -0.2) is 0 Å². The first-order valence-corrected chi connectivity index (χ1v) is 23.5. The minimum atomic E-state index is -0.179. The second kappa shape index (κ2) is 13.0. The Bertz CT molecular complexity index is 4110. The minimum Gasteiger partial charge on any atom is -0.455 e. The van der Waals surface area contributed by atoms with Crippen LogP contribution in [-0.4, -0.2) is 6.85 Å². The molecule has 2 aliphatic rings. The molecule has 3 aromatic heterocycles. The Morgan fingerprint density at radius 1 is 0.406 bits per heavy atom. The number of nitrogens with zero attached hydrogens (tertiary/aromatic N) is 2. The molecule has 5 heterocycles. The summed E-state index contributed by atoms with van der Waals surface area (Å²) >= 11 is 3.76. The number of hydrogen-bond donors (Lipinski definition) is 0. The van der Waals surface area contributed by atoms with Gasteiger partial charge in [0.05, 0.1) is 0 Å². The molecule has 0 N–H and O–H groups in total. The summed E-state index contributed by atoms with van der Waals surface area (Å²) in [7, 11) is 0. The van der Waals surface area contributed by atoms with Crippen LogP contribution >= 0.6 is 22.7 Å². The molecule has 0 fully saturated rings. The highest BCUT2D eigenvalue weighted by Crippen LogP contribution is 2.53. The molecule has 0 atom stereocenters. The topological polar surface area (TPSA) is 19.6 Å². The van der Waals surface area contributed by atoms with Gasteiger partial charge in [0.2, 0.25) is 0 Å². The lowest BCUT2D eigenvalue weighted by molar-refractivity contribution is 0.670. The summed E-state index contributed by atoms with van der Waals surface area (Å²) in [6.07, 6.45) is 0. The molecule has 13 aromatic rings. The predicted octanol–water partition coefficient (Wildman–Crippen LogP) is 15.8. The van der Waals surface area contributed by atoms with Crippen LogP contribution in [0, 0.1) is 0 Å². The van der Waals surface area contributed by atoms with E-state index < -0.39 is 0 Å². The van der Waals surface area contributed by atoms with E-state index in [0.29, 0.717) is 0 Å². The van der Waals surface area contributed by atoms with E-state index in [2.05, 4.69) is 210 Å². The van der Waals surface area contributed by atoms with Crippen molar-refractivity contribution in [1.29, 1.82) is 0 Å². The molecule has 64 heavy (non-hydrogen) atoms. The first-order chi connectivity index (χ1) is 31.7. The summed E-state index contributed by atoms with van der Waals surface area (Å²) in [6.45, 7) is -0.179. The van der Waals surface area contributed by atoms with Gasteiger partial charge in [0.1, 0.15) is 11.2 Å². The number of furan rings is 1. The first-order valence-electron chi connectivity index (χ1n) is 21.8. The highest BCUT2D eigenvalue weighted by Gasteiger charge is 2.47. The zero-order valence-corrected chi connectivity index (χ0v) is 35.9. The maximum Gasteiger partial charge on any atom is 0.333 e. The summed E-state index contributed by atoms with van der Waals surface area (Å²) in [4.78, 5) is 5.20. The standard InChI is InChI=1S/C58H33BN2OS2/c1-2-12-34(13-3-1)35-22-24-38(25-23-35)61-48-29-37-15-5-4-14-36(37)28-46(48)56-57-50(32-45-40-16-6-9-19-51(40)62-58(45)56)60(39-26-27-43-41-17-7-10-20-52(41)63-54(43)30-39)49-33-55-44(31-47(49)59(57)61)42-18-8-11-21-53(42)64-55/h1-33H. The molecule has 0 saturated heterocycles. The summed E-state index contributed by atoms with van der Waals surface area (Å²) in [5.74, 6) is 0. The number of thiophene rings is 2. The second-order valence-corrected chi connectivity index (χ2v) is 19.3. The Kier molecular flexibility index (Phi) is 7.07. The number of para-hydroxylation sites is 1.